The van der Waals surface area contributed by atoms with Gasteiger partial charge in [-0.2, -0.15) is 0 Å². The molecule has 19 heavy (non-hydrogen) atoms. The zero-order valence-corrected chi connectivity index (χ0v) is 12.0. The summed E-state index contributed by atoms with van der Waals surface area (Å²) in [6, 6.07) is 11.2. The SMILES string of the molecule is CC(C)N(CC1CC1)C(CC(=N)N)c1ccccc1. The second kappa shape index (κ2) is 6.20. The van der Waals surface area contributed by atoms with Crippen molar-refractivity contribution in [2.75, 3.05) is 6.54 Å². The van der Waals surface area contributed by atoms with Crippen molar-refractivity contribution >= 4 is 5.84 Å². The lowest BCUT2D eigenvalue weighted by molar-refractivity contribution is 0.149. The molecule has 0 saturated heterocycles. The normalized spacial score (nSPS) is 16.8. The lowest BCUT2D eigenvalue weighted by Gasteiger charge is -2.35. The number of amidine groups is 1. The Hall–Kier alpha value is -1.35. The summed E-state index contributed by atoms with van der Waals surface area (Å²) in [5.41, 5.74) is 6.94. The van der Waals surface area contributed by atoms with Crippen molar-refractivity contribution in [2.45, 2.75) is 45.2 Å². The molecule has 104 valence electrons. The van der Waals surface area contributed by atoms with Crippen molar-refractivity contribution in [3.05, 3.63) is 35.9 Å². The number of nitrogens with two attached hydrogens (primary N) is 1. The maximum atomic E-state index is 7.66. The summed E-state index contributed by atoms with van der Waals surface area (Å²) in [4.78, 5) is 2.51. The minimum atomic E-state index is 0.235. The second-order valence-corrected chi connectivity index (χ2v) is 5.89. The monoisotopic (exact) mass is 259 g/mol. The van der Waals surface area contributed by atoms with Crippen LogP contribution in [0.3, 0.4) is 0 Å². The van der Waals surface area contributed by atoms with E-state index in [0.717, 1.165) is 12.5 Å². The molecule has 3 heteroatoms. The highest BCUT2D eigenvalue weighted by molar-refractivity contribution is 5.77. The third-order valence-corrected chi connectivity index (χ3v) is 3.83. The van der Waals surface area contributed by atoms with Gasteiger partial charge in [0.2, 0.25) is 0 Å². The number of hydrogen-bond donors (Lipinski definition) is 2. The summed E-state index contributed by atoms with van der Waals surface area (Å²) in [6.45, 7) is 5.60. The largest absolute Gasteiger partial charge is 0.388 e. The van der Waals surface area contributed by atoms with Gasteiger partial charge < -0.3 is 5.73 Å². The van der Waals surface area contributed by atoms with Crippen LogP contribution in [0.4, 0.5) is 0 Å². The molecule has 0 aliphatic heterocycles. The highest BCUT2D eigenvalue weighted by atomic mass is 15.2. The molecule has 3 N–H and O–H groups in total. The van der Waals surface area contributed by atoms with Gasteiger partial charge in [0.05, 0.1) is 5.84 Å². The minimum absolute atomic E-state index is 0.235. The van der Waals surface area contributed by atoms with Crippen LogP contribution in [0.2, 0.25) is 0 Å². The first-order valence-electron chi connectivity index (χ1n) is 7.21. The van der Waals surface area contributed by atoms with Gasteiger partial charge in [0.15, 0.2) is 0 Å². The number of benzene rings is 1. The minimum Gasteiger partial charge on any atom is -0.388 e. The summed E-state index contributed by atoms with van der Waals surface area (Å²) < 4.78 is 0. The number of hydrogen-bond acceptors (Lipinski definition) is 2. The van der Waals surface area contributed by atoms with Gasteiger partial charge in [-0.15, -0.1) is 0 Å². The molecule has 1 atom stereocenters. The molecule has 0 radical (unpaired) electrons. The second-order valence-electron chi connectivity index (χ2n) is 5.89. The lowest BCUT2D eigenvalue weighted by Crippen LogP contribution is -2.38. The van der Waals surface area contributed by atoms with Crippen LogP contribution in [0.5, 0.6) is 0 Å². The fraction of sp³-hybridized carbons (Fsp3) is 0.562. The molecule has 0 bridgehead atoms. The fourth-order valence-corrected chi connectivity index (χ4v) is 2.61. The van der Waals surface area contributed by atoms with E-state index in [1.54, 1.807) is 0 Å². The molecule has 1 aromatic carbocycles. The van der Waals surface area contributed by atoms with Gasteiger partial charge in [-0.3, -0.25) is 10.3 Å². The summed E-state index contributed by atoms with van der Waals surface area (Å²) in [6.07, 6.45) is 3.32. The van der Waals surface area contributed by atoms with E-state index >= 15 is 0 Å². The van der Waals surface area contributed by atoms with Crippen LogP contribution in [0.25, 0.3) is 0 Å². The van der Waals surface area contributed by atoms with Gasteiger partial charge in [-0.25, -0.2) is 0 Å². The average Bonchev–Trinajstić information content (AvgIpc) is 3.18. The topological polar surface area (TPSA) is 53.1 Å². The van der Waals surface area contributed by atoms with Gasteiger partial charge >= 0.3 is 0 Å². The van der Waals surface area contributed by atoms with Crippen molar-refractivity contribution in [1.82, 2.24) is 4.90 Å². The van der Waals surface area contributed by atoms with Crippen LogP contribution < -0.4 is 5.73 Å². The van der Waals surface area contributed by atoms with Crippen molar-refractivity contribution < 1.29 is 0 Å². The molecule has 1 unspecified atom stereocenters. The van der Waals surface area contributed by atoms with Crippen LogP contribution >= 0.6 is 0 Å². The van der Waals surface area contributed by atoms with Crippen LogP contribution in [0.1, 0.15) is 44.7 Å². The first kappa shape index (κ1) is 14.1. The maximum absolute atomic E-state index is 7.66. The van der Waals surface area contributed by atoms with Crippen molar-refractivity contribution in [2.24, 2.45) is 11.7 Å². The number of rotatable bonds is 7. The molecular weight excluding hydrogens is 234 g/mol. The molecular formula is C16H25N3. The van der Waals surface area contributed by atoms with E-state index in [4.69, 9.17) is 11.1 Å². The van der Waals surface area contributed by atoms with Crippen molar-refractivity contribution in [3.63, 3.8) is 0 Å². The smallest absolute Gasteiger partial charge is 0.0924 e. The Morgan fingerprint density at radius 2 is 1.95 bits per heavy atom. The molecule has 3 nitrogen and oxygen atoms in total. The zero-order valence-electron chi connectivity index (χ0n) is 12.0. The van der Waals surface area contributed by atoms with Crippen molar-refractivity contribution in [3.8, 4) is 0 Å². The standard InChI is InChI=1S/C16H25N3/c1-12(2)19(11-13-8-9-13)15(10-16(17)18)14-6-4-3-5-7-14/h3-7,12-13,15H,8-11H2,1-2H3,(H3,17,18). The van der Waals surface area contributed by atoms with E-state index in [1.807, 2.05) is 6.07 Å². The molecule has 1 fully saturated rings. The Balaban J connectivity index is 2.20. The molecule has 1 aromatic rings. The zero-order chi connectivity index (χ0) is 13.8. The van der Waals surface area contributed by atoms with E-state index < -0.39 is 0 Å². The summed E-state index contributed by atoms with van der Waals surface area (Å²) in [5, 5.41) is 7.66. The van der Waals surface area contributed by atoms with Gasteiger partial charge in [-0.05, 0) is 38.2 Å². The predicted octanol–water partition coefficient (Wildman–Crippen LogP) is 3.17. The van der Waals surface area contributed by atoms with E-state index in [2.05, 4.69) is 43.0 Å². The summed E-state index contributed by atoms with van der Waals surface area (Å²) in [5.74, 6) is 1.12. The Bertz CT molecular complexity index is 409. The quantitative estimate of drug-likeness (QED) is 0.583. The lowest BCUT2D eigenvalue weighted by atomic mass is 9.99. The van der Waals surface area contributed by atoms with E-state index in [-0.39, 0.29) is 11.9 Å². The highest BCUT2D eigenvalue weighted by Crippen LogP contribution is 2.35. The first-order valence-corrected chi connectivity index (χ1v) is 7.21. The van der Waals surface area contributed by atoms with E-state index in [9.17, 15) is 0 Å². The van der Waals surface area contributed by atoms with Crippen LogP contribution in [-0.4, -0.2) is 23.3 Å². The van der Waals surface area contributed by atoms with Crippen LogP contribution in [0.15, 0.2) is 30.3 Å². The number of nitrogens with zero attached hydrogens (tertiary/aromatic N) is 1. The first-order chi connectivity index (χ1) is 9.08. The van der Waals surface area contributed by atoms with Crippen LogP contribution in [0, 0.1) is 11.3 Å². The third-order valence-electron chi connectivity index (χ3n) is 3.83. The Labute approximate surface area is 116 Å². The molecule has 0 amide bonds. The molecule has 0 aromatic heterocycles. The van der Waals surface area contributed by atoms with Gasteiger partial charge in [0, 0.05) is 25.0 Å². The Morgan fingerprint density at radius 3 is 2.42 bits per heavy atom. The number of nitrogens with one attached hydrogen (secondary N) is 1. The molecule has 1 saturated carbocycles. The van der Waals surface area contributed by atoms with Gasteiger partial charge in [0.1, 0.15) is 0 Å². The molecule has 1 aliphatic carbocycles. The molecule has 0 spiro atoms. The van der Waals surface area contributed by atoms with E-state index in [0.29, 0.717) is 12.5 Å². The van der Waals surface area contributed by atoms with Crippen molar-refractivity contribution in [1.29, 1.82) is 5.41 Å². The predicted molar refractivity (Wildman–Crippen MR) is 80.3 cm³/mol. The highest BCUT2D eigenvalue weighted by Gasteiger charge is 2.30. The molecule has 1 aliphatic rings. The van der Waals surface area contributed by atoms with E-state index in [1.165, 1.54) is 18.4 Å². The maximum Gasteiger partial charge on any atom is 0.0924 e. The fourth-order valence-electron chi connectivity index (χ4n) is 2.61. The van der Waals surface area contributed by atoms with Gasteiger partial charge in [0.25, 0.3) is 0 Å². The molecule has 2 rings (SSSR count). The average molecular weight is 259 g/mol. The van der Waals surface area contributed by atoms with Crippen LogP contribution in [-0.2, 0) is 0 Å². The summed E-state index contributed by atoms with van der Waals surface area (Å²) in [7, 11) is 0. The Morgan fingerprint density at radius 1 is 1.32 bits per heavy atom. The third kappa shape index (κ3) is 4.06. The van der Waals surface area contributed by atoms with Gasteiger partial charge in [-0.1, -0.05) is 30.3 Å². The molecule has 0 heterocycles. The summed E-state index contributed by atoms with van der Waals surface area (Å²) >= 11 is 0. The Kier molecular flexibility index (Phi) is 4.59.